The first kappa shape index (κ1) is 15.4. The molecular formula is C14H14ClN5O3. The molecule has 1 fully saturated rings. The second-order valence-corrected chi connectivity index (χ2v) is 6.17. The summed E-state index contributed by atoms with van der Waals surface area (Å²) in [5, 5.41) is 20.4. The van der Waals surface area contributed by atoms with Crippen LogP contribution in [-0.4, -0.2) is 55.2 Å². The van der Waals surface area contributed by atoms with Gasteiger partial charge in [-0.15, -0.1) is 5.10 Å². The van der Waals surface area contributed by atoms with Gasteiger partial charge in [0.2, 0.25) is 0 Å². The van der Waals surface area contributed by atoms with E-state index in [0.717, 1.165) is 0 Å². The molecule has 1 aromatic heterocycles. The fraction of sp³-hybridized carbons (Fsp3) is 0.357. The summed E-state index contributed by atoms with van der Waals surface area (Å²) in [6.07, 6.45) is 1.85. The molecule has 120 valence electrons. The molecule has 0 saturated carbocycles. The standard InChI is InChI=1S/C14H14ClN5O3/c1-14(13(22)23)4-5-19(7-14)12(21)10-3-2-9(6-11(10)15)20-8-16-17-18-20/h2-3,6,8H,4-5,7H2,1H3,(H,22,23)/t14-/m0/s1. The lowest BCUT2D eigenvalue weighted by Gasteiger charge is -2.20. The van der Waals surface area contributed by atoms with Gasteiger partial charge in [-0.3, -0.25) is 9.59 Å². The highest BCUT2D eigenvalue weighted by atomic mass is 35.5. The summed E-state index contributed by atoms with van der Waals surface area (Å²) >= 11 is 6.21. The SMILES string of the molecule is C[C@]1(C(=O)O)CCN(C(=O)c2ccc(-n3cnnn3)cc2Cl)C1. The van der Waals surface area contributed by atoms with E-state index in [1.165, 1.54) is 15.9 Å². The molecule has 0 radical (unpaired) electrons. The minimum Gasteiger partial charge on any atom is -0.481 e. The molecule has 2 heterocycles. The van der Waals surface area contributed by atoms with Gasteiger partial charge in [0, 0.05) is 13.1 Å². The number of hydrogen-bond acceptors (Lipinski definition) is 5. The van der Waals surface area contributed by atoms with E-state index in [4.69, 9.17) is 11.6 Å². The van der Waals surface area contributed by atoms with E-state index in [0.29, 0.717) is 24.2 Å². The molecule has 2 aromatic rings. The molecule has 1 amide bonds. The summed E-state index contributed by atoms with van der Waals surface area (Å²) in [6.45, 7) is 2.21. The molecule has 0 unspecified atom stereocenters. The van der Waals surface area contributed by atoms with Gasteiger partial charge in [0.1, 0.15) is 6.33 Å². The third-order valence-corrected chi connectivity index (χ3v) is 4.39. The summed E-state index contributed by atoms with van der Waals surface area (Å²) in [6, 6.07) is 4.87. The summed E-state index contributed by atoms with van der Waals surface area (Å²) < 4.78 is 1.43. The number of halogens is 1. The molecule has 0 bridgehead atoms. The molecule has 1 N–H and O–H groups in total. The Bertz CT molecular complexity index is 764. The minimum absolute atomic E-state index is 0.173. The van der Waals surface area contributed by atoms with Crippen LogP contribution in [0, 0.1) is 5.41 Å². The second kappa shape index (κ2) is 5.62. The third kappa shape index (κ3) is 2.77. The van der Waals surface area contributed by atoms with Gasteiger partial charge < -0.3 is 10.0 Å². The van der Waals surface area contributed by atoms with Crippen molar-refractivity contribution in [2.45, 2.75) is 13.3 Å². The number of aliphatic carboxylic acids is 1. The summed E-state index contributed by atoms with van der Waals surface area (Å²) in [5.74, 6) is -1.17. The average molecular weight is 336 g/mol. The normalized spacial score (nSPS) is 20.7. The van der Waals surface area contributed by atoms with E-state index in [1.807, 2.05) is 0 Å². The van der Waals surface area contributed by atoms with Gasteiger partial charge >= 0.3 is 5.97 Å². The van der Waals surface area contributed by atoms with Crippen LogP contribution >= 0.6 is 11.6 Å². The van der Waals surface area contributed by atoms with E-state index in [2.05, 4.69) is 15.5 Å². The third-order valence-electron chi connectivity index (χ3n) is 4.07. The lowest BCUT2D eigenvalue weighted by Crippen LogP contribution is -2.35. The number of amides is 1. The second-order valence-electron chi connectivity index (χ2n) is 5.76. The van der Waals surface area contributed by atoms with Crippen LogP contribution in [-0.2, 0) is 4.79 Å². The minimum atomic E-state index is -0.908. The molecule has 0 spiro atoms. The van der Waals surface area contributed by atoms with Crippen molar-refractivity contribution in [3.63, 3.8) is 0 Å². The smallest absolute Gasteiger partial charge is 0.311 e. The van der Waals surface area contributed by atoms with Crippen molar-refractivity contribution in [1.29, 1.82) is 0 Å². The molecule has 1 aliphatic rings. The van der Waals surface area contributed by atoms with E-state index in [1.54, 1.807) is 25.1 Å². The fourth-order valence-corrected chi connectivity index (χ4v) is 2.83. The topological polar surface area (TPSA) is 101 Å². The Hall–Kier alpha value is -2.48. The number of carboxylic acids is 1. The highest BCUT2D eigenvalue weighted by Crippen LogP contribution is 2.32. The van der Waals surface area contributed by atoms with Crippen molar-refractivity contribution in [2.24, 2.45) is 5.41 Å². The monoisotopic (exact) mass is 335 g/mol. The number of hydrogen-bond donors (Lipinski definition) is 1. The quantitative estimate of drug-likeness (QED) is 0.906. The first-order chi connectivity index (χ1) is 10.9. The zero-order valence-electron chi connectivity index (χ0n) is 12.3. The van der Waals surface area contributed by atoms with Gasteiger partial charge in [-0.25, -0.2) is 4.68 Å². The Balaban J connectivity index is 1.82. The van der Waals surface area contributed by atoms with Crippen molar-refractivity contribution >= 4 is 23.5 Å². The summed E-state index contributed by atoms with van der Waals surface area (Å²) in [4.78, 5) is 25.4. The molecule has 9 heteroatoms. The molecule has 8 nitrogen and oxygen atoms in total. The first-order valence-electron chi connectivity index (χ1n) is 6.96. The lowest BCUT2D eigenvalue weighted by atomic mass is 9.90. The number of aromatic nitrogens is 4. The van der Waals surface area contributed by atoms with Crippen LogP contribution in [0.4, 0.5) is 0 Å². The molecule has 1 saturated heterocycles. The number of benzene rings is 1. The predicted molar refractivity (Wildman–Crippen MR) is 80.4 cm³/mol. The number of carbonyl (C=O) groups excluding carboxylic acids is 1. The zero-order valence-corrected chi connectivity index (χ0v) is 13.1. The summed E-state index contributed by atoms with van der Waals surface area (Å²) in [5.41, 5.74) is 0.0561. The highest BCUT2D eigenvalue weighted by Gasteiger charge is 2.42. The Morgan fingerprint density at radius 2 is 2.17 bits per heavy atom. The number of tetrazole rings is 1. The molecule has 1 aromatic carbocycles. The number of carbonyl (C=O) groups is 2. The van der Waals surface area contributed by atoms with Gasteiger partial charge in [0.25, 0.3) is 5.91 Å². The number of nitrogens with zero attached hydrogens (tertiary/aromatic N) is 5. The van der Waals surface area contributed by atoms with Crippen molar-refractivity contribution in [3.05, 3.63) is 35.1 Å². The first-order valence-corrected chi connectivity index (χ1v) is 7.34. The predicted octanol–water partition coefficient (Wildman–Crippen LogP) is 1.25. The van der Waals surface area contributed by atoms with Crippen LogP contribution < -0.4 is 0 Å². The van der Waals surface area contributed by atoms with Crippen LogP contribution in [0.1, 0.15) is 23.7 Å². The Morgan fingerprint density at radius 1 is 1.39 bits per heavy atom. The highest BCUT2D eigenvalue weighted by molar-refractivity contribution is 6.34. The van der Waals surface area contributed by atoms with Gasteiger partial charge in [-0.05, 0) is 42.0 Å². The molecule has 23 heavy (non-hydrogen) atoms. The lowest BCUT2D eigenvalue weighted by molar-refractivity contribution is -0.147. The molecule has 3 rings (SSSR count). The van der Waals surface area contributed by atoms with E-state index >= 15 is 0 Å². The van der Waals surface area contributed by atoms with Crippen LogP contribution in [0.2, 0.25) is 5.02 Å². The average Bonchev–Trinajstić information content (AvgIpc) is 3.16. The van der Waals surface area contributed by atoms with Crippen molar-refractivity contribution in [3.8, 4) is 5.69 Å². The molecule has 1 aliphatic heterocycles. The largest absolute Gasteiger partial charge is 0.481 e. The Labute approximate surface area is 136 Å². The van der Waals surface area contributed by atoms with Crippen molar-refractivity contribution < 1.29 is 14.7 Å². The number of likely N-dealkylation sites (tertiary alicyclic amines) is 1. The maximum atomic E-state index is 12.6. The van der Waals surface area contributed by atoms with E-state index in [-0.39, 0.29) is 17.5 Å². The van der Waals surface area contributed by atoms with Crippen LogP contribution in [0.25, 0.3) is 5.69 Å². The molecule has 1 atom stereocenters. The van der Waals surface area contributed by atoms with Gasteiger partial charge in [-0.1, -0.05) is 11.6 Å². The van der Waals surface area contributed by atoms with Gasteiger partial charge in [-0.2, -0.15) is 0 Å². The molecular weight excluding hydrogens is 322 g/mol. The Morgan fingerprint density at radius 3 is 2.74 bits per heavy atom. The maximum Gasteiger partial charge on any atom is 0.311 e. The zero-order chi connectivity index (χ0) is 16.6. The van der Waals surface area contributed by atoms with Crippen LogP contribution in [0.5, 0.6) is 0 Å². The van der Waals surface area contributed by atoms with Gasteiger partial charge in [0.05, 0.1) is 21.7 Å². The molecule has 0 aliphatic carbocycles. The van der Waals surface area contributed by atoms with Gasteiger partial charge in [0.15, 0.2) is 0 Å². The maximum absolute atomic E-state index is 12.6. The summed E-state index contributed by atoms with van der Waals surface area (Å²) in [7, 11) is 0. The Kier molecular flexibility index (Phi) is 3.77. The number of carboxylic acid groups (broad SMARTS) is 1. The van der Waals surface area contributed by atoms with E-state index < -0.39 is 11.4 Å². The van der Waals surface area contributed by atoms with E-state index in [9.17, 15) is 14.7 Å². The van der Waals surface area contributed by atoms with Crippen LogP contribution in [0.3, 0.4) is 0 Å². The van der Waals surface area contributed by atoms with Crippen LogP contribution in [0.15, 0.2) is 24.5 Å². The number of rotatable bonds is 3. The fourth-order valence-electron chi connectivity index (χ4n) is 2.58. The van der Waals surface area contributed by atoms with Crippen molar-refractivity contribution in [1.82, 2.24) is 25.1 Å². The van der Waals surface area contributed by atoms with Crippen molar-refractivity contribution in [2.75, 3.05) is 13.1 Å².